The van der Waals surface area contributed by atoms with Crippen LogP contribution >= 0.6 is 0 Å². The number of phenolic OH excluding ortho intramolecular Hbond substituents is 1. The fourth-order valence-electron chi connectivity index (χ4n) is 1.38. The molecule has 2 aromatic rings. The molecule has 0 bridgehead atoms. The summed E-state index contributed by atoms with van der Waals surface area (Å²) in [6.07, 6.45) is 3.62. The third-order valence-corrected chi connectivity index (χ3v) is 2.54. The summed E-state index contributed by atoms with van der Waals surface area (Å²) in [6.45, 7) is 3.85. The summed E-state index contributed by atoms with van der Waals surface area (Å²) in [5.41, 5.74) is 2.67. The van der Waals surface area contributed by atoms with Gasteiger partial charge in [-0.3, -0.25) is 0 Å². The largest absolute Gasteiger partial charge is 0.507 e. The first-order valence-electron chi connectivity index (χ1n) is 5.07. The monoisotopic (exact) mass is 215 g/mol. The Labute approximate surface area is 94.0 Å². The van der Waals surface area contributed by atoms with Gasteiger partial charge in [0.25, 0.3) is 0 Å². The standard InChI is InChI=1S/C13H13NO2/c1-9-10(2)14-16-13(9)8-7-11-5-3-4-6-12(11)15/h3-8,15H,1-2H3/b8-7+. The average molecular weight is 215 g/mol. The van der Waals surface area contributed by atoms with Gasteiger partial charge in [0.1, 0.15) is 5.75 Å². The van der Waals surface area contributed by atoms with Crippen molar-refractivity contribution in [3.05, 3.63) is 46.8 Å². The van der Waals surface area contributed by atoms with E-state index in [1.807, 2.05) is 38.1 Å². The lowest BCUT2D eigenvalue weighted by molar-refractivity contribution is 0.408. The van der Waals surface area contributed by atoms with Crippen molar-refractivity contribution in [2.75, 3.05) is 0 Å². The van der Waals surface area contributed by atoms with E-state index in [1.165, 1.54) is 0 Å². The Morgan fingerprint density at radius 1 is 1.19 bits per heavy atom. The van der Waals surface area contributed by atoms with Crippen LogP contribution in [0.5, 0.6) is 5.75 Å². The highest BCUT2D eigenvalue weighted by Crippen LogP contribution is 2.20. The molecule has 0 saturated heterocycles. The maximum Gasteiger partial charge on any atom is 0.162 e. The number of nitrogens with zero attached hydrogens (tertiary/aromatic N) is 1. The highest BCUT2D eigenvalue weighted by atomic mass is 16.5. The van der Waals surface area contributed by atoms with Crippen molar-refractivity contribution in [2.45, 2.75) is 13.8 Å². The Morgan fingerprint density at radius 3 is 2.56 bits per heavy atom. The Balaban J connectivity index is 2.28. The lowest BCUT2D eigenvalue weighted by Gasteiger charge is -1.96. The first-order valence-corrected chi connectivity index (χ1v) is 5.07. The number of benzene rings is 1. The minimum atomic E-state index is 0.257. The maximum atomic E-state index is 9.57. The summed E-state index contributed by atoms with van der Waals surface area (Å²) in [4.78, 5) is 0. The molecule has 0 amide bonds. The van der Waals surface area contributed by atoms with E-state index in [2.05, 4.69) is 5.16 Å². The molecule has 0 aliphatic carbocycles. The van der Waals surface area contributed by atoms with Crippen LogP contribution in [0.25, 0.3) is 12.2 Å². The van der Waals surface area contributed by atoms with Gasteiger partial charge in [-0.2, -0.15) is 0 Å². The summed E-state index contributed by atoms with van der Waals surface area (Å²) < 4.78 is 5.14. The van der Waals surface area contributed by atoms with Gasteiger partial charge in [0.2, 0.25) is 0 Å². The zero-order chi connectivity index (χ0) is 11.5. The Kier molecular flexibility index (Phi) is 2.77. The second kappa shape index (κ2) is 4.23. The molecule has 0 atom stereocenters. The molecule has 0 fully saturated rings. The molecular weight excluding hydrogens is 202 g/mol. The molecule has 1 aromatic carbocycles. The number of hydrogen-bond acceptors (Lipinski definition) is 3. The van der Waals surface area contributed by atoms with E-state index >= 15 is 0 Å². The summed E-state index contributed by atoms with van der Waals surface area (Å²) in [5, 5.41) is 13.4. The van der Waals surface area contributed by atoms with Crippen molar-refractivity contribution in [2.24, 2.45) is 0 Å². The summed E-state index contributed by atoms with van der Waals surface area (Å²) >= 11 is 0. The van der Waals surface area contributed by atoms with E-state index < -0.39 is 0 Å². The summed E-state index contributed by atoms with van der Waals surface area (Å²) in [5.74, 6) is 0.980. The second-order valence-corrected chi connectivity index (χ2v) is 3.65. The number of aromatic nitrogens is 1. The van der Waals surface area contributed by atoms with E-state index in [0.29, 0.717) is 0 Å². The Morgan fingerprint density at radius 2 is 1.94 bits per heavy atom. The van der Waals surface area contributed by atoms with E-state index in [-0.39, 0.29) is 5.75 Å². The maximum absolute atomic E-state index is 9.57. The van der Waals surface area contributed by atoms with Crippen LogP contribution in [-0.4, -0.2) is 10.3 Å². The van der Waals surface area contributed by atoms with Gasteiger partial charge >= 0.3 is 0 Å². The fraction of sp³-hybridized carbons (Fsp3) is 0.154. The van der Waals surface area contributed by atoms with E-state index in [9.17, 15) is 5.11 Å². The molecule has 1 N–H and O–H groups in total. The third-order valence-electron chi connectivity index (χ3n) is 2.54. The number of hydrogen-bond donors (Lipinski definition) is 1. The van der Waals surface area contributed by atoms with Crippen LogP contribution in [0.1, 0.15) is 22.6 Å². The van der Waals surface area contributed by atoms with Crippen molar-refractivity contribution < 1.29 is 9.63 Å². The Bertz CT molecular complexity index is 526. The molecule has 1 aromatic heterocycles. The van der Waals surface area contributed by atoms with Crippen molar-refractivity contribution >= 4 is 12.2 Å². The van der Waals surface area contributed by atoms with Gasteiger partial charge in [-0.25, -0.2) is 0 Å². The quantitative estimate of drug-likeness (QED) is 0.836. The predicted molar refractivity (Wildman–Crippen MR) is 63.0 cm³/mol. The molecule has 0 saturated carbocycles. The molecule has 0 unspecified atom stereocenters. The molecule has 0 aliphatic rings. The predicted octanol–water partition coefficient (Wildman–Crippen LogP) is 3.17. The van der Waals surface area contributed by atoms with Crippen LogP contribution in [0.4, 0.5) is 0 Å². The minimum absolute atomic E-state index is 0.257. The van der Waals surface area contributed by atoms with Gasteiger partial charge in [0.05, 0.1) is 5.69 Å². The smallest absolute Gasteiger partial charge is 0.162 e. The van der Waals surface area contributed by atoms with Crippen molar-refractivity contribution in [1.82, 2.24) is 5.16 Å². The topological polar surface area (TPSA) is 46.3 Å². The molecule has 82 valence electrons. The highest BCUT2D eigenvalue weighted by molar-refractivity contribution is 5.71. The van der Waals surface area contributed by atoms with Crippen LogP contribution in [0.3, 0.4) is 0 Å². The molecule has 16 heavy (non-hydrogen) atoms. The number of phenols is 1. The second-order valence-electron chi connectivity index (χ2n) is 3.65. The van der Waals surface area contributed by atoms with Gasteiger partial charge in [0, 0.05) is 11.1 Å². The van der Waals surface area contributed by atoms with E-state index in [1.54, 1.807) is 12.1 Å². The molecular formula is C13H13NO2. The summed E-state index contributed by atoms with van der Waals surface area (Å²) in [6, 6.07) is 7.15. The molecule has 3 nitrogen and oxygen atoms in total. The van der Waals surface area contributed by atoms with Gasteiger partial charge in [0.15, 0.2) is 5.76 Å². The highest BCUT2D eigenvalue weighted by Gasteiger charge is 2.04. The molecule has 0 radical (unpaired) electrons. The molecule has 0 aliphatic heterocycles. The van der Waals surface area contributed by atoms with Gasteiger partial charge < -0.3 is 9.63 Å². The lowest BCUT2D eigenvalue weighted by Crippen LogP contribution is -1.76. The minimum Gasteiger partial charge on any atom is -0.507 e. The Hall–Kier alpha value is -2.03. The van der Waals surface area contributed by atoms with Crippen molar-refractivity contribution in [1.29, 1.82) is 0 Å². The number of rotatable bonds is 2. The molecule has 0 spiro atoms. The SMILES string of the molecule is Cc1noc(/C=C/c2ccccc2O)c1C. The van der Waals surface area contributed by atoms with Crippen LogP contribution in [0.2, 0.25) is 0 Å². The van der Waals surface area contributed by atoms with E-state index in [0.717, 1.165) is 22.6 Å². The summed E-state index contributed by atoms with van der Waals surface area (Å²) in [7, 11) is 0. The fourth-order valence-corrected chi connectivity index (χ4v) is 1.38. The number of aromatic hydroxyl groups is 1. The van der Waals surface area contributed by atoms with Crippen molar-refractivity contribution in [3.8, 4) is 5.75 Å². The third kappa shape index (κ3) is 1.98. The molecule has 3 heteroatoms. The van der Waals surface area contributed by atoms with Gasteiger partial charge in [-0.15, -0.1) is 0 Å². The van der Waals surface area contributed by atoms with Crippen LogP contribution in [-0.2, 0) is 0 Å². The van der Waals surface area contributed by atoms with E-state index in [4.69, 9.17) is 4.52 Å². The van der Waals surface area contributed by atoms with Crippen molar-refractivity contribution in [3.63, 3.8) is 0 Å². The number of para-hydroxylation sites is 1. The van der Waals surface area contributed by atoms with Gasteiger partial charge in [-0.05, 0) is 32.1 Å². The normalized spacial score (nSPS) is 11.1. The average Bonchev–Trinajstić information content (AvgIpc) is 2.59. The van der Waals surface area contributed by atoms with Crippen LogP contribution in [0, 0.1) is 13.8 Å². The number of aryl methyl sites for hydroxylation is 1. The molecule has 2 rings (SSSR count). The van der Waals surface area contributed by atoms with Crippen LogP contribution in [0.15, 0.2) is 28.8 Å². The lowest BCUT2D eigenvalue weighted by atomic mass is 10.1. The first kappa shape index (κ1) is 10.5. The first-order chi connectivity index (χ1) is 7.68. The van der Waals surface area contributed by atoms with Crippen LogP contribution < -0.4 is 0 Å². The zero-order valence-electron chi connectivity index (χ0n) is 9.27. The molecule has 1 heterocycles. The van der Waals surface area contributed by atoms with Gasteiger partial charge in [-0.1, -0.05) is 23.4 Å². The zero-order valence-corrected chi connectivity index (χ0v) is 9.27.